The Morgan fingerprint density at radius 1 is 1.18 bits per heavy atom. The molecule has 6 nitrogen and oxygen atoms in total. The van der Waals surface area contributed by atoms with Gasteiger partial charge in [0, 0.05) is 43.3 Å². The lowest BCUT2D eigenvalue weighted by Gasteiger charge is -2.36. The van der Waals surface area contributed by atoms with Crippen LogP contribution in [-0.2, 0) is 16.6 Å². The Balaban J connectivity index is 1.69. The van der Waals surface area contributed by atoms with E-state index in [0.29, 0.717) is 0 Å². The first-order chi connectivity index (χ1) is 13.3. The van der Waals surface area contributed by atoms with Crippen LogP contribution in [0.4, 0.5) is 0 Å². The largest absolute Gasteiger partial charge is 0.366 e. The van der Waals surface area contributed by atoms with Gasteiger partial charge >= 0.3 is 0 Å². The second kappa shape index (κ2) is 8.61. The lowest BCUT2D eigenvalue weighted by molar-refractivity contribution is 0.1000. The molecular formula is C20H24ClN3O3S. The molecule has 0 unspecified atom stereocenters. The molecule has 0 aliphatic carbocycles. The van der Waals surface area contributed by atoms with Crippen molar-refractivity contribution in [3.63, 3.8) is 0 Å². The van der Waals surface area contributed by atoms with Crippen molar-refractivity contribution in [2.75, 3.05) is 20.1 Å². The van der Waals surface area contributed by atoms with Gasteiger partial charge in [-0.05, 0) is 36.6 Å². The number of primary amides is 1. The van der Waals surface area contributed by atoms with Crippen LogP contribution in [0.1, 0.15) is 28.8 Å². The lowest BCUT2D eigenvalue weighted by atomic mass is 10.0. The number of amides is 1. The molecule has 0 bridgehead atoms. The number of rotatable bonds is 6. The van der Waals surface area contributed by atoms with E-state index in [-0.39, 0.29) is 21.5 Å². The summed E-state index contributed by atoms with van der Waals surface area (Å²) in [6.45, 7) is 2.50. The zero-order valence-electron chi connectivity index (χ0n) is 15.7. The maximum atomic E-state index is 13.0. The quantitative estimate of drug-likeness (QED) is 0.777. The Labute approximate surface area is 170 Å². The Kier molecular flexibility index (Phi) is 6.40. The minimum absolute atomic E-state index is 0.0111. The molecule has 1 amide bonds. The monoisotopic (exact) mass is 421 g/mol. The van der Waals surface area contributed by atoms with E-state index in [1.807, 2.05) is 18.2 Å². The van der Waals surface area contributed by atoms with E-state index in [1.54, 1.807) is 7.05 Å². The molecule has 1 aliphatic rings. The Morgan fingerprint density at radius 2 is 1.82 bits per heavy atom. The smallest absolute Gasteiger partial charge is 0.248 e. The SMILES string of the molecule is CN(C1CCN(Cc2ccccc2)CC1)S(=O)(=O)c1cc(Cl)cc(C(N)=O)c1. The van der Waals surface area contributed by atoms with Crippen molar-refractivity contribution in [2.24, 2.45) is 5.73 Å². The van der Waals surface area contributed by atoms with Crippen molar-refractivity contribution in [2.45, 2.75) is 30.3 Å². The van der Waals surface area contributed by atoms with E-state index in [0.717, 1.165) is 32.5 Å². The number of likely N-dealkylation sites (tertiary alicyclic amines) is 1. The maximum absolute atomic E-state index is 13.0. The highest BCUT2D eigenvalue weighted by molar-refractivity contribution is 7.89. The second-order valence-electron chi connectivity index (χ2n) is 7.05. The summed E-state index contributed by atoms with van der Waals surface area (Å²) in [5.74, 6) is -0.712. The number of halogens is 1. The van der Waals surface area contributed by atoms with E-state index in [1.165, 1.54) is 28.1 Å². The van der Waals surface area contributed by atoms with Crippen molar-refractivity contribution in [3.05, 3.63) is 64.7 Å². The summed E-state index contributed by atoms with van der Waals surface area (Å²) in [4.78, 5) is 13.8. The predicted octanol–water partition coefficient (Wildman–Crippen LogP) is 2.72. The minimum Gasteiger partial charge on any atom is -0.366 e. The Bertz CT molecular complexity index is 942. The first kappa shape index (κ1) is 20.8. The van der Waals surface area contributed by atoms with Crippen LogP contribution in [0.25, 0.3) is 0 Å². The molecule has 3 rings (SSSR count). The number of nitrogens with two attached hydrogens (primary N) is 1. The number of benzene rings is 2. The number of hydrogen-bond acceptors (Lipinski definition) is 4. The first-order valence-electron chi connectivity index (χ1n) is 9.12. The second-order valence-corrected chi connectivity index (χ2v) is 9.49. The number of piperidine rings is 1. The molecule has 2 aromatic carbocycles. The minimum atomic E-state index is -3.77. The average Bonchev–Trinajstić information content (AvgIpc) is 2.68. The van der Waals surface area contributed by atoms with Gasteiger partial charge in [0.2, 0.25) is 15.9 Å². The topological polar surface area (TPSA) is 83.7 Å². The van der Waals surface area contributed by atoms with Gasteiger partial charge in [-0.25, -0.2) is 8.42 Å². The fourth-order valence-electron chi connectivity index (χ4n) is 3.50. The van der Waals surface area contributed by atoms with E-state index < -0.39 is 15.9 Å². The van der Waals surface area contributed by atoms with Crippen molar-refractivity contribution in [3.8, 4) is 0 Å². The zero-order chi connectivity index (χ0) is 20.3. The summed E-state index contributed by atoms with van der Waals surface area (Å²) in [6.07, 6.45) is 1.48. The highest BCUT2D eigenvalue weighted by atomic mass is 35.5. The highest BCUT2D eigenvalue weighted by Crippen LogP contribution is 2.26. The van der Waals surface area contributed by atoms with Gasteiger partial charge in [0.05, 0.1) is 4.90 Å². The van der Waals surface area contributed by atoms with Crippen LogP contribution in [0.5, 0.6) is 0 Å². The molecule has 28 heavy (non-hydrogen) atoms. The molecule has 0 saturated carbocycles. The normalized spacial score (nSPS) is 16.4. The van der Waals surface area contributed by atoms with Gasteiger partial charge in [-0.2, -0.15) is 4.31 Å². The third-order valence-corrected chi connectivity index (χ3v) is 7.26. The molecule has 2 N–H and O–H groups in total. The maximum Gasteiger partial charge on any atom is 0.248 e. The van der Waals surface area contributed by atoms with E-state index in [4.69, 9.17) is 17.3 Å². The molecule has 8 heteroatoms. The molecule has 0 atom stereocenters. The number of sulfonamides is 1. The number of carbonyl (C=O) groups is 1. The predicted molar refractivity (Wildman–Crippen MR) is 110 cm³/mol. The van der Waals surface area contributed by atoms with Crippen LogP contribution in [0.2, 0.25) is 5.02 Å². The van der Waals surface area contributed by atoms with E-state index >= 15 is 0 Å². The van der Waals surface area contributed by atoms with E-state index in [2.05, 4.69) is 17.0 Å². The Hall–Kier alpha value is -1.93. The number of hydrogen-bond donors (Lipinski definition) is 1. The molecule has 1 fully saturated rings. The molecule has 0 radical (unpaired) electrons. The van der Waals surface area contributed by atoms with Gasteiger partial charge in [0.1, 0.15) is 0 Å². The molecule has 0 spiro atoms. The molecule has 2 aromatic rings. The molecule has 1 aliphatic heterocycles. The molecule has 1 saturated heterocycles. The summed E-state index contributed by atoms with van der Waals surface area (Å²) in [6, 6.07) is 14.1. The van der Waals surface area contributed by atoms with Crippen molar-refractivity contribution < 1.29 is 13.2 Å². The lowest BCUT2D eigenvalue weighted by Crippen LogP contribution is -2.45. The first-order valence-corrected chi connectivity index (χ1v) is 10.9. The zero-order valence-corrected chi connectivity index (χ0v) is 17.3. The molecule has 150 valence electrons. The van der Waals surface area contributed by atoms with Crippen LogP contribution in [0, 0.1) is 0 Å². The van der Waals surface area contributed by atoms with Gasteiger partial charge in [0.15, 0.2) is 0 Å². The van der Waals surface area contributed by atoms with Crippen LogP contribution in [0.3, 0.4) is 0 Å². The van der Waals surface area contributed by atoms with Crippen molar-refractivity contribution in [1.29, 1.82) is 0 Å². The third kappa shape index (κ3) is 4.72. The van der Waals surface area contributed by atoms with Crippen LogP contribution in [-0.4, -0.2) is 49.7 Å². The fourth-order valence-corrected chi connectivity index (χ4v) is 5.29. The van der Waals surface area contributed by atoms with Gasteiger partial charge in [-0.15, -0.1) is 0 Å². The van der Waals surface area contributed by atoms with Crippen LogP contribution >= 0.6 is 11.6 Å². The Morgan fingerprint density at radius 3 is 2.43 bits per heavy atom. The summed E-state index contributed by atoms with van der Waals surface area (Å²) in [5, 5.41) is 0.168. The molecule has 0 aromatic heterocycles. The van der Waals surface area contributed by atoms with Gasteiger partial charge in [0.25, 0.3) is 0 Å². The van der Waals surface area contributed by atoms with Crippen LogP contribution in [0.15, 0.2) is 53.4 Å². The van der Waals surface area contributed by atoms with Gasteiger partial charge in [-0.3, -0.25) is 9.69 Å². The number of nitrogens with zero attached hydrogens (tertiary/aromatic N) is 2. The summed E-state index contributed by atoms with van der Waals surface area (Å²) < 4.78 is 27.5. The summed E-state index contributed by atoms with van der Waals surface area (Å²) >= 11 is 5.99. The standard InChI is InChI=1S/C20H24ClN3O3S/c1-23(28(26,27)19-12-16(20(22)25)11-17(21)13-19)18-7-9-24(10-8-18)14-15-5-3-2-4-6-15/h2-6,11-13,18H,7-10,14H2,1H3,(H2,22,25). The van der Waals surface area contributed by atoms with Crippen LogP contribution < -0.4 is 5.73 Å². The number of carbonyl (C=O) groups excluding carboxylic acids is 1. The summed E-state index contributed by atoms with van der Waals surface area (Å²) in [7, 11) is -2.19. The third-order valence-electron chi connectivity index (χ3n) is 5.15. The average molecular weight is 422 g/mol. The van der Waals surface area contributed by atoms with Crippen molar-refractivity contribution >= 4 is 27.5 Å². The fraction of sp³-hybridized carbons (Fsp3) is 0.350. The molecular weight excluding hydrogens is 398 g/mol. The van der Waals surface area contributed by atoms with Gasteiger partial charge < -0.3 is 5.73 Å². The van der Waals surface area contributed by atoms with Gasteiger partial charge in [-0.1, -0.05) is 41.9 Å². The highest BCUT2D eigenvalue weighted by Gasteiger charge is 2.31. The van der Waals surface area contributed by atoms with Crippen molar-refractivity contribution in [1.82, 2.24) is 9.21 Å². The van der Waals surface area contributed by atoms with E-state index in [9.17, 15) is 13.2 Å². The molecule has 1 heterocycles. The summed E-state index contributed by atoms with van der Waals surface area (Å²) in [5.41, 5.74) is 6.61.